The average molecular weight is 531 g/mol. The summed E-state index contributed by atoms with van der Waals surface area (Å²) in [6.07, 6.45) is 0. The van der Waals surface area contributed by atoms with Gasteiger partial charge in [-0.25, -0.2) is 0 Å². The molecule has 1 aromatic heterocycles. The summed E-state index contributed by atoms with van der Waals surface area (Å²) in [5.74, 6) is -3.58. The van der Waals surface area contributed by atoms with Gasteiger partial charge in [-0.3, -0.25) is 24.1 Å². The maximum absolute atomic E-state index is 13.4. The number of carboxylic acids is 1. The van der Waals surface area contributed by atoms with Crippen LogP contribution in [0.15, 0.2) is 52.3 Å². The van der Waals surface area contributed by atoms with Crippen molar-refractivity contribution < 1.29 is 24.2 Å². The Morgan fingerprint density at radius 3 is 2.69 bits per heavy atom. The first-order valence-electron chi connectivity index (χ1n) is 10.7. The summed E-state index contributed by atoms with van der Waals surface area (Å²) in [6.45, 7) is 1.53. The lowest BCUT2D eigenvalue weighted by molar-refractivity contribution is -0.149. The van der Waals surface area contributed by atoms with Gasteiger partial charge in [0.1, 0.15) is 24.2 Å². The van der Waals surface area contributed by atoms with Crippen molar-refractivity contribution in [1.29, 1.82) is 0 Å². The number of rotatable bonds is 6. The van der Waals surface area contributed by atoms with E-state index in [4.69, 9.17) is 16.3 Å². The van der Waals surface area contributed by atoms with E-state index in [0.29, 0.717) is 26.2 Å². The Hall–Kier alpha value is -3.08. The number of aliphatic carboxylic acids is 1. The zero-order valence-electron chi connectivity index (χ0n) is 18.3. The second-order valence-electron chi connectivity index (χ2n) is 8.30. The van der Waals surface area contributed by atoms with Crippen LogP contribution < -0.4 is 9.61 Å². The van der Waals surface area contributed by atoms with E-state index < -0.39 is 41.4 Å². The third-order valence-electron chi connectivity index (χ3n) is 6.16. The molecule has 3 aromatic rings. The topological polar surface area (TPSA) is 117 Å². The van der Waals surface area contributed by atoms with Crippen LogP contribution in [0.1, 0.15) is 27.5 Å². The molecule has 0 spiro atoms. The number of thioether (sulfide) groups is 1. The number of carboxylic acid groups (broad SMARTS) is 1. The lowest BCUT2D eigenvalue weighted by atomic mass is 9.82. The van der Waals surface area contributed by atoms with Crippen molar-refractivity contribution in [3.63, 3.8) is 0 Å². The van der Waals surface area contributed by atoms with Crippen LogP contribution in [0.2, 0.25) is 5.02 Å². The highest BCUT2D eigenvalue weighted by molar-refractivity contribution is 8.00. The molecular formula is C24H19ClN2O6S2. The number of aromatic amines is 1. The van der Waals surface area contributed by atoms with Crippen LogP contribution in [0.5, 0.6) is 5.75 Å². The van der Waals surface area contributed by atoms with Gasteiger partial charge in [-0.2, -0.15) is 0 Å². The van der Waals surface area contributed by atoms with Gasteiger partial charge >= 0.3 is 10.8 Å². The number of fused-ring (bicyclic) bond motifs is 2. The second kappa shape index (κ2) is 9.18. The van der Waals surface area contributed by atoms with Crippen molar-refractivity contribution in [3.05, 3.63) is 78.7 Å². The van der Waals surface area contributed by atoms with E-state index in [1.807, 2.05) is 31.2 Å². The Labute approximate surface area is 212 Å². The number of carbonyl (C=O) groups excluding carboxylic acids is 2. The molecule has 2 unspecified atom stereocenters. The average Bonchev–Trinajstić information content (AvgIpc) is 3.29. The smallest absolute Gasteiger partial charge is 0.323 e. The molecular weight excluding hydrogens is 512 g/mol. The molecule has 2 amide bonds. The van der Waals surface area contributed by atoms with Crippen molar-refractivity contribution in [2.24, 2.45) is 5.92 Å². The van der Waals surface area contributed by atoms with Gasteiger partial charge in [0.25, 0.3) is 0 Å². The number of ether oxygens (including phenoxy) is 1. The third kappa shape index (κ3) is 4.26. The molecule has 2 aliphatic rings. The predicted molar refractivity (Wildman–Crippen MR) is 131 cm³/mol. The minimum absolute atomic E-state index is 0.269. The predicted octanol–water partition coefficient (Wildman–Crippen LogP) is 3.65. The molecule has 2 aromatic carbocycles. The molecule has 3 atom stereocenters. The maximum Gasteiger partial charge on any atom is 0.323 e. The molecule has 2 aliphatic heterocycles. The highest BCUT2D eigenvalue weighted by Crippen LogP contribution is 2.54. The molecule has 1 fully saturated rings. The molecule has 35 heavy (non-hydrogen) atoms. The number of nitrogens with one attached hydrogen (secondary N) is 1. The van der Waals surface area contributed by atoms with Crippen LogP contribution in [0.25, 0.3) is 0 Å². The van der Waals surface area contributed by atoms with Crippen molar-refractivity contribution in [1.82, 2.24) is 9.88 Å². The summed E-state index contributed by atoms with van der Waals surface area (Å²) in [4.78, 5) is 53.8. The van der Waals surface area contributed by atoms with Crippen LogP contribution >= 0.6 is 34.7 Å². The third-order valence-corrected chi connectivity index (χ3v) is 8.80. The summed E-state index contributed by atoms with van der Waals surface area (Å²) in [6, 6.07) is 12.8. The number of H-pyrrole nitrogens is 1. The van der Waals surface area contributed by atoms with Gasteiger partial charge in [0.15, 0.2) is 0 Å². The molecule has 180 valence electrons. The van der Waals surface area contributed by atoms with E-state index in [2.05, 4.69) is 4.98 Å². The van der Waals surface area contributed by atoms with Crippen molar-refractivity contribution in [3.8, 4) is 5.75 Å². The highest BCUT2D eigenvalue weighted by atomic mass is 35.5. The number of amides is 2. The lowest BCUT2D eigenvalue weighted by Gasteiger charge is -2.31. The first-order chi connectivity index (χ1) is 16.7. The quantitative estimate of drug-likeness (QED) is 0.467. The number of imide groups is 1. The highest BCUT2D eigenvalue weighted by Gasteiger charge is 2.56. The SMILES string of the molecule is Cc1ccccc1COc1ccc(Cl)cc1[C@@H]1c2sc(=O)[nH]c2SC2C(=O)N(CC(=O)O)C(=O)C21. The van der Waals surface area contributed by atoms with Crippen LogP contribution in [-0.2, 0) is 21.0 Å². The van der Waals surface area contributed by atoms with Gasteiger partial charge in [0.2, 0.25) is 11.8 Å². The fourth-order valence-electron chi connectivity index (χ4n) is 4.52. The van der Waals surface area contributed by atoms with Gasteiger partial charge in [0.05, 0.1) is 10.9 Å². The molecule has 0 bridgehead atoms. The van der Waals surface area contributed by atoms with Gasteiger partial charge in [0, 0.05) is 21.4 Å². The fourth-order valence-corrected chi connectivity index (χ4v) is 7.23. The Bertz CT molecular complexity index is 1420. The van der Waals surface area contributed by atoms with Gasteiger partial charge in [-0.1, -0.05) is 59.0 Å². The van der Waals surface area contributed by atoms with Crippen molar-refractivity contribution in [2.45, 2.75) is 29.7 Å². The van der Waals surface area contributed by atoms with E-state index in [1.165, 1.54) is 0 Å². The number of nitrogens with zero attached hydrogens (tertiary/aromatic N) is 1. The summed E-state index contributed by atoms with van der Waals surface area (Å²) >= 11 is 8.40. The zero-order valence-corrected chi connectivity index (χ0v) is 20.7. The first kappa shape index (κ1) is 23.7. The zero-order chi connectivity index (χ0) is 24.9. The summed E-state index contributed by atoms with van der Waals surface area (Å²) in [5, 5.41) is 9.27. The normalized spacial score (nSPS) is 21.1. The van der Waals surface area contributed by atoms with Crippen LogP contribution in [0.4, 0.5) is 0 Å². The number of hydrogen-bond donors (Lipinski definition) is 2. The van der Waals surface area contributed by atoms with E-state index in [0.717, 1.165) is 39.1 Å². The molecule has 0 saturated carbocycles. The minimum atomic E-state index is -1.28. The van der Waals surface area contributed by atoms with Gasteiger partial charge in [-0.05, 0) is 36.2 Å². The van der Waals surface area contributed by atoms with Gasteiger partial charge < -0.3 is 14.8 Å². The van der Waals surface area contributed by atoms with Crippen molar-refractivity contribution >= 4 is 52.5 Å². The van der Waals surface area contributed by atoms with Crippen LogP contribution in [0, 0.1) is 12.8 Å². The first-order valence-corrected chi connectivity index (χ1v) is 12.8. The molecule has 1 saturated heterocycles. The molecule has 11 heteroatoms. The number of aromatic nitrogens is 1. The summed E-state index contributed by atoms with van der Waals surface area (Å²) < 4.78 is 6.18. The minimum Gasteiger partial charge on any atom is -0.489 e. The van der Waals surface area contributed by atoms with Crippen LogP contribution in [0.3, 0.4) is 0 Å². The Balaban J connectivity index is 1.60. The van der Waals surface area contributed by atoms with E-state index in [1.54, 1.807) is 18.2 Å². The van der Waals surface area contributed by atoms with Crippen molar-refractivity contribution in [2.75, 3.05) is 6.54 Å². The number of likely N-dealkylation sites (tertiary alicyclic amines) is 1. The Kier molecular flexibility index (Phi) is 6.20. The Morgan fingerprint density at radius 2 is 1.94 bits per heavy atom. The Morgan fingerprint density at radius 1 is 1.17 bits per heavy atom. The maximum atomic E-state index is 13.4. The van der Waals surface area contributed by atoms with E-state index in [-0.39, 0.29) is 11.5 Å². The number of carbonyl (C=O) groups is 3. The monoisotopic (exact) mass is 530 g/mol. The molecule has 8 nitrogen and oxygen atoms in total. The fraction of sp³-hybridized carbons (Fsp3) is 0.250. The number of thiazole rings is 1. The standard InChI is InChI=1S/C24H19ClN2O6S2/c1-11-4-2-3-5-12(11)10-33-15-7-6-13(25)8-14(15)17-18-20(34-21-19(17)35-24(32)26-21)23(31)27(22(18)30)9-16(28)29/h2-8,17-18,20H,9-10H2,1H3,(H,26,32)(H,28,29)/t17-,18?,20?/m0/s1. The van der Waals surface area contributed by atoms with Gasteiger partial charge in [-0.15, -0.1) is 0 Å². The number of halogens is 1. The number of benzene rings is 2. The summed E-state index contributed by atoms with van der Waals surface area (Å²) in [5.41, 5.74) is 2.61. The second-order valence-corrected chi connectivity index (χ2v) is 10.9. The molecule has 0 radical (unpaired) electrons. The largest absolute Gasteiger partial charge is 0.489 e. The van der Waals surface area contributed by atoms with E-state index >= 15 is 0 Å². The molecule has 2 N–H and O–H groups in total. The summed E-state index contributed by atoms with van der Waals surface area (Å²) in [7, 11) is 0. The number of hydrogen-bond acceptors (Lipinski definition) is 7. The van der Waals surface area contributed by atoms with Crippen LogP contribution in [-0.4, -0.2) is 44.6 Å². The lowest BCUT2D eigenvalue weighted by Crippen LogP contribution is -2.36. The molecule has 0 aliphatic carbocycles. The molecule has 3 heterocycles. The van der Waals surface area contributed by atoms with E-state index in [9.17, 15) is 24.3 Å². The number of aryl methyl sites for hydroxylation is 1. The molecule has 5 rings (SSSR count).